The second-order valence-corrected chi connectivity index (χ2v) is 4.24. The predicted molar refractivity (Wildman–Crippen MR) is 67.4 cm³/mol. The molecule has 2 rings (SSSR count). The average molecular weight is 250 g/mol. The predicted octanol–water partition coefficient (Wildman–Crippen LogP) is 2.63. The fourth-order valence-corrected chi connectivity index (χ4v) is 1.66. The second-order valence-electron chi connectivity index (χ2n) is 3.80. The van der Waals surface area contributed by atoms with E-state index in [4.69, 9.17) is 11.6 Å². The number of nitrogens with zero attached hydrogens (tertiary/aromatic N) is 2. The first kappa shape index (κ1) is 11.7. The van der Waals surface area contributed by atoms with Crippen LogP contribution in [0.5, 0.6) is 0 Å². The van der Waals surface area contributed by atoms with Crippen molar-refractivity contribution in [2.24, 2.45) is 7.05 Å². The zero-order chi connectivity index (χ0) is 12.4. The molecule has 1 amide bonds. The van der Waals surface area contributed by atoms with Crippen molar-refractivity contribution < 1.29 is 4.79 Å². The summed E-state index contributed by atoms with van der Waals surface area (Å²) in [5.74, 6) is -0.199. The number of carbonyl (C=O) groups is 1. The van der Waals surface area contributed by atoms with Gasteiger partial charge in [-0.1, -0.05) is 17.7 Å². The molecule has 17 heavy (non-hydrogen) atoms. The van der Waals surface area contributed by atoms with Gasteiger partial charge in [-0.15, -0.1) is 0 Å². The van der Waals surface area contributed by atoms with Crippen molar-refractivity contribution in [3.63, 3.8) is 0 Å². The fraction of sp³-hybridized carbons (Fsp3) is 0.167. The van der Waals surface area contributed by atoms with Crippen molar-refractivity contribution >= 4 is 23.2 Å². The van der Waals surface area contributed by atoms with Gasteiger partial charge in [0.05, 0.1) is 12.5 Å². The Morgan fingerprint density at radius 3 is 2.88 bits per heavy atom. The van der Waals surface area contributed by atoms with Gasteiger partial charge in [0.15, 0.2) is 0 Å². The van der Waals surface area contributed by atoms with Crippen LogP contribution in [0.4, 0.5) is 5.69 Å². The fourth-order valence-electron chi connectivity index (χ4n) is 1.49. The Morgan fingerprint density at radius 1 is 1.47 bits per heavy atom. The summed E-state index contributed by atoms with van der Waals surface area (Å²) in [6.07, 6.45) is 3.11. The first-order chi connectivity index (χ1) is 8.08. The average Bonchev–Trinajstić information content (AvgIpc) is 2.70. The number of nitrogens with one attached hydrogen (secondary N) is 1. The summed E-state index contributed by atoms with van der Waals surface area (Å²) in [6.45, 7) is 1.91. The highest BCUT2D eigenvalue weighted by Crippen LogP contribution is 2.20. The highest BCUT2D eigenvalue weighted by Gasteiger charge is 2.11. The molecule has 0 aliphatic heterocycles. The number of hydrogen-bond donors (Lipinski definition) is 1. The maximum absolute atomic E-state index is 11.9. The summed E-state index contributed by atoms with van der Waals surface area (Å²) in [5.41, 5.74) is 2.18. The molecule has 5 heteroatoms. The molecule has 0 bridgehead atoms. The van der Waals surface area contributed by atoms with Crippen LogP contribution < -0.4 is 5.32 Å². The van der Waals surface area contributed by atoms with Crippen molar-refractivity contribution in [2.45, 2.75) is 6.92 Å². The van der Waals surface area contributed by atoms with E-state index in [1.165, 1.54) is 6.20 Å². The van der Waals surface area contributed by atoms with Crippen LogP contribution in [0.25, 0.3) is 0 Å². The molecule has 88 valence electrons. The van der Waals surface area contributed by atoms with Gasteiger partial charge in [0, 0.05) is 17.8 Å². The Kier molecular flexibility index (Phi) is 3.15. The van der Waals surface area contributed by atoms with Gasteiger partial charge in [-0.05, 0) is 24.6 Å². The summed E-state index contributed by atoms with van der Waals surface area (Å²) >= 11 is 5.89. The highest BCUT2D eigenvalue weighted by molar-refractivity contribution is 6.31. The molecule has 4 nitrogen and oxygen atoms in total. The zero-order valence-corrected chi connectivity index (χ0v) is 10.3. The molecule has 2 aromatic rings. The van der Waals surface area contributed by atoms with Crippen LogP contribution in [0.2, 0.25) is 5.02 Å². The monoisotopic (exact) mass is 249 g/mol. The van der Waals surface area contributed by atoms with Gasteiger partial charge < -0.3 is 9.88 Å². The Bertz CT molecular complexity index is 563. The molecule has 0 saturated carbocycles. The van der Waals surface area contributed by atoms with Gasteiger partial charge in [0.2, 0.25) is 0 Å². The number of aryl methyl sites for hydroxylation is 2. The van der Waals surface area contributed by atoms with Crippen molar-refractivity contribution in [1.82, 2.24) is 9.55 Å². The number of amides is 1. The van der Waals surface area contributed by atoms with Crippen LogP contribution in [0.3, 0.4) is 0 Å². The van der Waals surface area contributed by atoms with E-state index in [1.807, 2.05) is 13.0 Å². The molecule has 0 spiro atoms. The van der Waals surface area contributed by atoms with Gasteiger partial charge in [-0.2, -0.15) is 0 Å². The van der Waals surface area contributed by atoms with Gasteiger partial charge >= 0.3 is 0 Å². The van der Waals surface area contributed by atoms with E-state index >= 15 is 0 Å². The molecule has 0 aliphatic rings. The standard InChI is InChI=1S/C12H12ClN3O/c1-8-3-4-9(13)5-10(8)15-12(17)11-6-14-7-16(11)2/h3-7H,1-2H3,(H,15,17). The minimum absolute atomic E-state index is 0.199. The summed E-state index contributed by atoms with van der Waals surface area (Å²) in [6, 6.07) is 5.38. The maximum atomic E-state index is 11.9. The van der Waals surface area contributed by atoms with E-state index in [0.717, 1.165) is 5.56 Å². The number of anilines is 1. The van der Waals surface area contributed by atoms with Crippen LogP contribution in [-0.4, -0.2) is 15.5 Å². The van der Waals surface area contributed by atoms with E-state index in [9.17, 15) is 4.79 Å². The molecular weight excluding hydrogens is 238 g/mol. The minimum atomic E-state index is -0.199. The third-order valence-corrected chi connectivity index (χ3v) is 2.73. The number of aromatic nitrogens is 2. The molecule has 1 heterocycles. The molecule has 1 aromatic carbocycles. The quantitative estimate of drug-likeness (QED) is 0.889. The van der Waals surface area contributed by atoms with Crippen LogP contribution in [-0.2, 0) is 7.05 Å². The zero-order valence-electron chi connectivity index (χ0n) is 9.57. The van der Waals surface area contributed by atoms with E-state index < -0.39 is 0 Å². The number of hydrogen-bond acceptors (Lipinski definition) is 2. The lowest BCUT2D eigenvalue weighted by Gasteiger charge is -2.08. The van der Waals surface area contributed by atoms with Crippen LogP contribution in [0.15, 0.2) is 30.7 Å². The van der Waals surface area contributed by atoms with Gasteiger partial charge in [-0.3, -0.25) is 4.79 Å². The van der Waals surface area contributed by atoms with Gasteiger partial charge in [0.1, 0.15) is 5.69 Å². The van der Waals surface area contributed by atoms with E-state index in [0.29, 0.717) is 16.4 Å². The number of imidazole rings is 1. The Hall–Kier alpha value is -1.81. The first-order valence-electron chi connectivity index (χ1n) is 5.12. The molecule has 1 aromatic heterocycles. The lowest BCUT2D eigenvalue weighted by atomic mass is 10.2. The number of rotatable bonds is 2. The smallest absolute Gasteiger partial charge is 0.273 e. The molecule has 0 atom stereocenters. The third-order valence-electron chi connectivity index (χ3n) is 2.50. The van der Waals surface area contributed by atoms with Crippen molar-refractivity contribution in [2.75, 3.05) is 5.32 Å². The van der Waals surface area contributed by atoms with Gasteiger partial charge in [-0.25, -0.2) is 4.98 Å². The minimum Gasteiger partial charge on any atom is -0.330 e. The van der Waals surface area contributed by atoms with Crippen LogP contribution in [0.1, 0.15) is 16.1 Å². The summed E-state index contributed by atoms with van der Waals surface area (Å²) < 4.78 is 1.66. The summed E-state index contributed by atoms with van der Waals surface area (Å²) in [7, 11) is 1.77. The number of benzene rings is 1. The summed E-state index contributed by atoms with van der Waals surface area (Å²) in [5, 5.41) is 3.40. The van der Waals surface area contributed by atoms with Crippen molar-refractivity contribution in [1.29, 1.82) is 0 Å². The molecule has 1 N–H and O–H groups in total. The highest BCUT2D eigenvalue weighted by atomic mass is 35.5. The molecule has 0 saturated heterocycles. The van der Waals surface area contributed by atoms with Gasteiger partial charge in [0.25, 0.3) is 5.91 Å². The van der Waals surface area contributed by atoms with Crippen LogP contribution in [0, 0.1) is 6.92 Å². The molecule has 0 aliphatic carbocycles. The van der Waals surface area contributed by atoms with Crippen LogP contribution >= 0.6 is 11.6 Å². The Morgan fingerprint density at radius 2 is 2.24 bits per heavy atom. The molecule has 0 unspecified atom stereocenters. The number of halogens is 1. The topological polar surface area (TPSA) is 46.9 Å². The maximum Gasteiger partial charge on any atom is 0.273 e. The van der Waals surface area contributed by atoms with E-state index in [1.54, 1.807) is 30.1 Å². The lowest BCUT2D eigenvalue weighted by molar-refractivity contribution is 0.101. The molecular formula is C12H12ClN3O. The first-order valence-corrected chi connectivity index (χ1v) is 5.49. The van der Waals surface area contributed by atoms with E-state index in [-0.39, 0.29) is 5.91 Å². The Balaban J connectivity index is 2.24. The number of carbonyl (C=O) groups excluding carboxylic acids is 1. The van der Waals surface area contributed by atoms with Crippen molar-refractivity contribution in [3.8, 4) is 0 Å². The largest absolute Gasteiger partial charge is 0.330 e. The Labute approximate surface area is 104 Å². The van der Waals surface area contributed by atoms with E-state index in [2.05, 4.69) is 10.3 Å². The molecule has 0 radical (unpaired) electrons. The normalized spacial score (nSPS) is 10.3. The third kappa shape index (κ3) is 2.47. The molecule has 0 fully saturated rings. The summed E-state index contributed by atoms with van der Waals surface area (Å²) in [4.78, 5) is 15.8. The van der Waals surface area contributed by atoms with Crippen molar-refractivity contribution in [3.05, 3.63) is 47.0 Å². The lowest BCUT2D eigenvalue weighted by Crippen LogP contribution is -2.15. The second kappa shape index (κ2) is 4.59. The SMILES string of the molecule is Cc1ccc(Cl)cc1NC(=O)c1cncn1C.